The summed E-state index contributed by atoms with van der Waals surface area (Å²) in [5.41, 5.74) is 1.87. The van der Waals surface area contributed by atoms with Crippen LogP contribution in [0.4, 0.5) is 0 Å². The van der Waals surface area contributed by atoms with Crippen LogP contribution in [0.25, 0.3) is 0 Å². The van der Waals surface area contributed by atoms with Crippen LogP contribution in [0.1, 0.15) is 65.7 Å². The lowest BCUT2D eigenvalue weighted by atomic mass is 9.45. The lowest BCUT2D eigenvalue weighted by Crippen LogP contribution is -2.60. The van der Waals surface area contributed by atoms with Crippen LogP contribution < -0.4 is 0 Å². The Bertz CT molecular complexity index is 841. The summed E-state index contributed by atoms with van der Waals surface area (Å²) in [7, 11) is 0. The number of hydrogen-bond acceptors (Lipinski definition) is 5. The van der Waals surface area contributed by atoms with Crippen LogP contribution in [0.5, 0.6) is 0 Å². The maximum Gasteiger partial charge on any atom is 0.172 e. The van der Waals surface area contributed by atoms with Crippen molar-refractivity contribution in [3.63, 3.8) is 0 Å². The van der Waals surface area contributed by atoms with Crippen LogP contribution in [0.2, 0.25) is 0 Å². The fraction of sp³-hybridized carbons (Fsp3) is 0.852. The number of aliphatic hydroxyl groups is 3. The van der Waals surface area contributed by atoms with Gasteiger partial charge in [0, 0.05) is 24.2 Å². The van der Waals surface area contributed by atoms with Gasteiger partial charge >= 0.3 is 0 Å². The third-order valence-corrected chi connectivity index (χ3v) is 11.1. The van der Waals surface area contributed by atoms with Crippen molar-refractivity contribution in [1.29, 1.82) is 0 Å². The highest BCUT2D eigenvalue weighted by atomic mass is 16.7. The number of fused-ring (bicyclic) bond motifs is 7. The molecule has 4 aliphatic carbocycles. The van der Waals surface area contributed by atoms with Gasteiger partial charge in [-0.1, -0.05) is 44.6 Å². The summed E-state index contributed by atoms with van der Waals surface area (Å²) >= 11 is 0. The quantitative estimate of drug-likeness (QED) is 0.498. The van der Waals surface area contributed by atoms with E-state index in [0.717, 1.165) is 43.3 Å². The van der Waals surface area contributed by atoms with Crippen molar-refractivity contribution < 1.29 is 24.8 Å². The Kier molecular flexibility index (Phi) is 4.71. The van der Waals surface area contributed by atoms with Crippen molar-refractivity contribution in [3.8, 4) is 0 Å². The van der Waals surface area contributed by atoms with Gasteiger partial charge in [0.25, 0.3) is 0 Å². The first-order valence-electron chi connectivity index (χ1n) is 12.8. The molecule has 5 nitrogen and oxygen atoms in total. The van der Waals surface area contributed by atoms with E-state index in [1.165, 1.54) is 0 Å². The van der Waals surface area contributed by atoms with Crippen LogP contribution >= 0.6 is 0 Å². The van der Waals surface area contributed by atoms with E-state index < -0.39 is 29.5 Å². The Morgan fingerprint density at radius 3 is 2.62 bits per heavy atom. The molecule has 5 heteroatoms. The topological polar surface area (TPSA) is 79.2 Å². The largest absolute Gasteiger partial charge is 0.393 e. The molecule has 1 spiro atoms. The molecule has 178 valence electrons. The smallest absolute Gasteiger partial charge is 0.172 e. The molecule has 6 aliphatic rings. The predicted molar refractivity (Wildman–Crippen MR) is 120 cm³/mol. The maximum absolute atomic E-state index is 11.7. The Morgan fingerprint density at radius 2 is 1.91 bits per heavy atom. The number of rotatable bonds is 0. The SMILES string of the molecule is C=C1CC[C@@]2(OC1)O[C@H]1C[C@H]3[C@@H]4CC=C5C[C@@H](O)C[C@@H](O)[C@]5(C)C4[C@H](O)C[C@]3(C)[C@H]1[C@@H]2C. The summed E-state index contributed by atoms with van der Waals surface area (Å²) in [5.74, 6) is 1.03. The monoisotopic (exact) mass is 444 g/mol. The summed E-state index contributed by atoms with van der Waals surface area (Å²) in [6, 6.07) is 0. The van der Waals surface area contributed by atoms with Crippen molar-refractivity contribution in [2.45, 2.75) is 95.9 Å². The van der Waals surface area contributed by atoms with E-state index in [1.54, 1.807) is 0 Å². The van der Waals surface area contributed by atoms with Gasteiger partial charge in [0.05, 0.1) is 31.0 Å². The number of aliphatic hydroxyl groups excluding tert-OH is 3. The third-order valence-electron chi connectivity index (χ3n) is 11.1. The minimum Gasteiger partial charge on any atom is -0.393 e. The number of allylic oxidation sites excluding steroid dienone is 1. The highest BCUT2D eigenvalue weighted by molar-refractivity contribution is 5.29. The molecule has 2 aliphatic heterocycles. The first-order chi connectivity index (χ1) is 15.1. The van der Waals surface area contributed by atoms with E-state index in [9.17, 15) is 15.3 Å². The van der Waals surface area contributed by atoms with Crippen molar-refractivity contribution >= 4 is 0 Å². The van der Waals surface area contributed by atoms with Gasteiger partial charge in [-0.05, 0) is 61.2 Å². The second kappa shape index (κ2) is 6.91. The fourth-order valence-corrected chi connectivity index (χ4v) is 9.67. The molecule has 2 saturated heterocycles. The lowest BCUT2D eigenvalue weighted by molar-refractivity contribution is -0.257. The van der Waals surface area contributed by atoms with Gasteiger partial charge in [-0.25, -0.2) is 0 Å². The number of ether oxygens (including phenoxy) is 2. The van der Waals surface area contributed by atoms with E-state index >= 15 is 0 Å². The molecular weight excluding hydrogens is 404 g/mol. The molecule has 0 aromatic heterocycles. The summed E-state index contributed by atoms with van der Waals surface area (Å²) in [4.78, 5) is 0. The highest BCUT2D eigenvalue weighted by Crippen LogP contribution is 2.70. The predicted octanol–water partition coefficient (Wildman–Crippen LogP) is 3.58. The second-order valence-electron chi connectivity index (χ2n) is 12.5. The van der Waals surface area contributed by atoms with Crippen LogP contribution in [-0.4, -0.2) is 52.1 Å². The molecule has 0 radical (unpaired) electrons. The molecule has 0 aromatic carbocycles. The summed E-state index contributed by atoms with van der Waals surface area (Å²) in [6.07, 6.45) is 6.52. The Labute approximate surface area is 191 Å². The molecule has 1 unspecified atom stereocenters. The Hall–Kier alpha value is -0.720. The van der Waals surface area contributed by atoms with Gasteiger partial charge in [-0.3, -0.25) is 0 Å². The Morgan fingerprint density at radius 1 is 1.12 bits per heavy atom. The zero-order valence-corrected chi connectivity index (χ0v) is 19.8. The Balaban J connectivity index is 1.33. The average molecular weight is 445 g/mol. The maximum atomic E-state index is 11.7. The van der Waals surface area contributed by atoms with E-state index in [1.807, 2.05) is 0 Å². The average Bonchev–Trinajstić information content (AvgIpc) is 3.16. The minimum atomic E-state index is -0.604. The molecule has 2 heterocycles. The molecule has 32 heavy (non-hydrogen) atoms. The fourth-order valence-electron chi connectivity index (χ4n) is 9.67. The van der Waals surface area contributed by atoms with Crippen LogP contribution in [0, 0.1) is 40.4 Å². The molecule has 0 amide bonds. The minimum absolute atomic E-state index is 0.00677. The lowest BCUT2D eigenvalue weighted by Gasteiger charge is -2.61. The molecule has 0 bridgehead atoms. The van der Waals surface area contributed by atoms with Gasteiger partial charge < -0.3 is 24.8 Å². The molecular formula is C27H40O5. The van der Waals surface area contributed by atoms with Crippen molar-refractivity contribution in [2.24, 2.45) is 40.4 Å². The zero-order valence-electron chi connectivity index (χ0n) is 19.8. The molecule has 5 fully saturated rings. The summed E-state index contributed by atoms with van der Waals surface area (Å²) in [6.45, 7) is 11.5. The van der Waals surface area contributed by atoms with E-state index in [0.29, 0.717) is 43.1 Å². The van der Waals surface area contributed by atoms with E-state index in [4.69, 9.17) is 9.47 Å². The van der Waals surface area contributed by atoms with E-state index in [2.05, 4.69) is 33.4 Å². The first kappa shape index (κ1) is 21.8. The number of hydrogen-bond donors (Lipinski definition) is 3. The third kappa shape index (κ3) is 2.63. The normalized spacial score (nSPS) is 59.2. The van der Waals surface area contributed by atoms with E-state index in [-0.39, 0.29) is 17.4 Å². The van der Waals surface area contributed by atoms with Crippen molar-refractivity contribution in [1.82, 2.24) is 0 Å². The van der Waals surface area contributed by atoms with Crippen LogP contribution in [-0.2, 0) is 9.47 Å². The summed E-state index contributed by atoms with van der Waals surface area (Å²) in [5, 5.41) is 33.1. The zero-order chi connectivity index (χ0) is 22.6. The van der Waals surface area contributed by atoms with Gasteiger partial charge in [0.15, 0.2) is 5.79 Å². The second-order valence-corrected chi connectivity index (χ2v) is 12.5. The van der Waals surface area contributed by atoms with Crippen LogP contribution in [0.15, 0.2) is 23.8 Å². The molecule has 6 rings (SSSR count). The van der Waals surface area contributed by atoms with Crippen molar-refractivity contribution in [2.75, 3.05) is 6.61 Å². The van der Waals surface area contributed by atoms with Gasteiger partial charge in [0.2, 0.25) is 0 Å². The summed E-state index contributed by atoms with van der Waals surface area (Å²) < 4.78 is 13.1. The van der Waals surface area contributed by atoms with Gasteiger partial charge in [-0.2, -0.15) is 0 Å². The van der Waals surface area contributed by atoms with Crippen molar-refractivity contribution in [3.05, 3.63) is 23.8 Å². The van der Waals surface area contributed by atoms with Gasteiger partial charge in [0.1, 0.15) is 0 Å². The highest BCUT2D eigenvalue weighted by Gasteiger charge is 2.70. The molecule has 0 aromatic rings. The molecule has 12 atom stereocenters. The molecule has 3 N–H and O–H groups in total. The standard InChI is InChI=1S/C27H40O5/c1-14-7-8-27(31-13-14)15(2)23-21(32-27)11-19-18-6-5-16-9-17(28)10-22(30)26(16,4)24(18)20(29)12-25(19,23)3/h5,15,17-24,28-30H,1,6-13H2,2-4H3/t15-,17+,18-,19-,20+,21-,22+,23-,24?,25-,26+,27+/m0/s1. The molecule has 3 saturated carbocycles. The first-order valence-corrected chi connectivity index (χ1v) is 12.8. The van der Waals surface area contributed by atoms with Crippen LogP contribution in [0.3, 0.4) is 0 Å². The van der Waals surface area contributed by atoms with Gasteiger partial charge in [-0.15, -0.1) is 0 Å².